The Morgan fingerprint density at radius 1 is 0.442 bits per heavy atom. The number of hydrogen-bond acceptors (Lipinski definition) is 4. The number of phenols is 2. The Labute approximate surface area is 307 Å². The molecule has 7 rings (SSSR count). The highest BCUT2D eigenvalue weighted by atomic mass is 16.3. The van der Waals surface area contributed by atoms with E-state index in [1.807, 2.05) is 36.4 Å². The molecule has 4 nitrogen and oxygen atoms in total. The van der Waals surface area contributed by atoms with Gasteiger partial charge in [-0.2, -0.15) is 0 Å². The number of phenolic OH excluding ortho intramolecular Hbond substituents is 2. The fourth-order valence-electron chi connectivity index (χ4n) is 7.08. The van der Waals surface area contributed by atoms with Gasteiger partial charge in [-0.05, 0) is 105 Å². The molecule has 2 N–H and O–H groups in total. The summed E-state index contributed by atoms with van der Waals surface area (Å²) >= 11 is 0. The van der Waals surface area contributed by atoms with Gasteiger partial charge in [0.1, 0.15) is 22.5 Å². The molecule has 0 spiro atoms. The van der Waals surface area contributed by atoms with Crippen LogP contribution in [0.2, 0.25) is 0 Å². The molecule has 2 heterocycles. The molecule has 0 atom stereocenters. The minimum Gasteiger partial charge on any atom is -0.506 e. The zero-order valence-electron chi connectivity index (χ0n) is 31.2. The number of aromatic hydroxyl groups is 2. The third-order valence-electron chi connectivity index (χ3n) is 10.3. The first-order valence-corrected chi connectivity index (χ1v) is 18.4. The van der Waals surface area contributed by atoms with Crippen LogP contribution in [0.4, 0.5) is 0 Å². The molecule has 0 radical (unpaired) electrons. The predicted molar refractivity (Wildman–Crippen MR) is 216 cm³/mol. The lowest BCUT2D eigenvalue weighted by Gasteiger charge is -2.22. The molecule has 0 fully saturated rings. The van der Waals surface area contributed by atoms with Crippen molar-refractivity contribution in [2.45, 2.75) is 78.1 Å². The van der Waals surface area contributed by atoms with Crippen LogP contribution in [0.5, 0.6) is 11.5 Å². The van der Waals surface area contributed by atoms with Gasteiger partial charge >= 0.3 is 0 Å². The molecule has 4 heteroatoms. The Morgan fingerprint density at radius 2 is 0.827 bits per heavy atom. The van der Waals surface area contributed by atoms with E-state index in [2.05, 4.69) is 114 Å². The van der Waals surface area contributed by atoms with Crippen LogP contribution in [0, 0.1) is 0 Å². The van der Waals surface area contributed by atoms with E-state index in [-0.39, 0.29) is 22.3 Å². The van der Waals surface area contributed by atoms with E-state index >= 15 is 0 Å². The summed E-state index contributed by atoms with van der Waals surface area (Å²) in [6.45, 7) is 13.5. The second kappa shape index (κ2) is 13.9. The van der Waals surface area contributed by atoms with Crippen molar-refractivity contribution in [2.24, 2.45) is 0 Å². The highest BCUT2D eigenvalue weighted by Gasteiger charge is 2.19. The van der Waals surface area contributed by atoms with Crippen LogP contribution in [-0.2, 0) is 36.5 Å². The second-order valence-electron chi connectivity index (χ2n) is 16.1. The Hall–Kier alpha value is -5.48. The maximum absolute atomic E-state index is 10.5. The van der Waals surface area contributed by atoms with Crippen LogP contribution < -0.4 is 0 Å². The van der Waals surface area contributed by atoms with Crippen molar-refractivity contribution in [2.75, 3.05) is 0 Å². The summed E-state index contributed by atoms with van der Waals surface area (Å²) in [4.78, 5) is 9.75. The van der Waals surface area contributed by atoms with Crippen LogP contribution in [0.3, 0.4) is 0 Å². The smallest absolute Gasteiger partial charge is 0.141 e. The molecule has 0 bridgehead atoms. The van der Waals surface area contributed by atoms with Gasteiger partial charge < -0.3 is 10.2 Å². The van der Waals surface area contributed by atoms with Crippen LogP contribution in [0.1, 0.15) is 75.2 Å². The highest BCUT2D eigenvalue weighted by molar-refractivity contribution is 5.86. The number of aryl methyl sites for hydroxylation is 4. The number of benzene rings is 5. The van der Waals surface area contributed by atoms with E-state index in [9.17, 15) is 10.2 Å². The first-order chi connectivity index (χ1) is 24.8. The van der Waals surface area contributed by atoms with Gasteiger partial charge in [0.05, 0.1) is 0 Å². The van der Waals surface area contributed by atoms with Crippen molar-refractivity contribution < 1.29 is 10.2 Å². The number of aromatic nitrogens is 2. The van der Waals surface area contributed by atoms with Crippen LogP contribution in [0.15, 0.2) is 121 Å². The van der Waals surface area contributed by atoms with Gasteiger partial charge in [-0.15, -0.1) is 0 Å². The molecular formula is C48H48N2O2. The fourth-order valence-corrected chi connectivity index (χ4v) is 7.08. The van der Waals surface area contributed by atoms with E-state index in [1.165, 1.54) is 44.5 Å². The largest absolute Gasteiger partial charge is 0.506 e. The van der Waals surface area contributed by atoms with Crippen molar-refractivity contribution >= 4 is 21.8 Å². The fraction of sp³-hybridized carbons (Fsp3) is 0.250. The third kappa shape index (κ3) is 7.43. The Morgan fingerprint density at radius 3 is 1.19 bits per heavy atom. The molecular weight excluding hydrogens is 637 g/mol. The van der Waals surface area contributed by atoms with Crippen molar-refractivity contribution in [1.82, 2.24) is 9.97 Å². The summed E-state index contributed by atoms with van der Waals surface area (Å²) in [5.74, 6) is 0.411. The third-order valence-corrected chi connectivity index (χ3v) is 10.3. The standard InChI is InChI=1S/C48H48N2O2/c1-47(2,3)37-21-13-31(14-22-37)41-29-35(19-27-39-25-17-33-9-7-11-43(51)45(33)49-39)36(30-42(41)32-15-23-38(24-16-32)48(4,5)6)20-28-40-26-18-34-10-8-12-44(52)46(34)50-40/h7-18,21-26,29-30,51-52H,19-20,27-28H2,1-6H3. The van der Waals surface area contributed by atoms with E-state index in [0.717, 1.165) is 47.8 Å². The molecule has 0 unspecified atom stereocenters. The average molecular weight is 685 g/mol. The molecule has 262 valence electrons. The summed E-state index contributed by atoms with van der Waals surface area (Å²) in [6.07, 6.45) is 3.07. The summed E-state index contributed by atoms with van der Waals surface area (Å²) < 4.78 is 0. The molecule has 0 aliphatic rings. The van der Waals surface area contributed by atoms with Crippen LogP contribution >= 0.6 is 0 Å². The van der Waals surface area contributed by atoms with Crippen molar-refractivity contribution in [3.63, 3.8) is 0 Å². The predicted octanol–water partition coefficient (Wildman–Crippen LogP) is 11.7. The van der Waals surface area contributed by atoms with Gasteiger partial charge in [0.15, 0.2) is 0 Å². The van der Waals surface area contributed by atoms with Crippen LogP contribution in [0.25, 0.3) is 44.1 Å². The van der Waals surface area contributed by atoms with Crippen molar-refractivity contribution in [3.8, 4) is 33.8 Å². The van der Waals surface area contributed by atoms with Crippen LogP contribution in [-0.4, -0.2) is 20.2 Å². The van der Waals surface area contributed by atoms with Gasteiger partial charge in [-0.1, -0.05) is 139 Å². The number of fused-ring (bicyclic) bond motifs is 2. The van der Waals surface area contributed by atoms with E-state index in [4.69, 9.17) is 9.97 Å². The normalized spacial score (nSPS) is 12.1. The molecule has 52 heavy (non-hydrogen) atoms. The zero-order valence-corrected chi connectivity index (χ0v) is 31.2. The number of rotatable bonds is 8. The molecule has 0 saturated carbocycles. The summed E-state index contributed by atoms with van der Waals surface area (Å²) in [5.41, 5.74) is 13.3. The lowest BCUT2D eigenvalue weighted by Crippen LogP contribution is -2.10. The molecule has 0 saturated heterocycles. The number of pyridine rings is 2. The van der Waals surface area contributed by atoms with Gasteiger partial charge in [0, 0.05) is 22.2 Å². The number of nitrogens with zero attached hydrogens (tertiary/aromatic N) is 2. The topological polar surface area (TPSA) is 66.2 Å². The molecule has 0 amide bonds. The second-order valence-corrected chi connectivity index (χ2v) is 16.1. The quantitative estimate of drug-likeness (QED) is 0.167. The SMILES string of the molecule is CC(C)(C)c1ccc(-c2cc(CCc3ccc4cccc(O)c4n3)c(CCc3ccc4cccc(O)c4n3)cc2-c2ccc(C(C)(C)C)cc2)cc1. The molecule has 2 aromatic heterocycles. The zero-order chi connectivity index (χ0) is 36.6. The monoisotopic (exact) mass is 684 g/mol. The maximum Gasteiger partial charge on any atom is 0.141 e. The summed E-state index contributed by atoms with van der Waals surface area (Å²) in [5, 5.41) is 22.9. The lowest BCUT2D eigenvalue weighted by molar-refractivity contribution is 0.479. The van der Waals surface area contributed by atoms with Gasteiger partial charge in [-0.25, -0.2) is 9.97 Å². The molecule has 7 aromatic rings. The van der Waals surface area contributed by atoms with E-state index in [1.54, 1.807) is 12.1 Å². The van der Waals surface area contributed by atoms with Crippen molar-refractivity contribution in [3.05, 3.63) is 155 Å². The van der Waals surface area contributed by atoms with Gasteiger partial charge in [0.25, 0.3) is 0 Å². The minimum atomic E-state index is 0.0635. The molecule has 0 aliphatic carbocycles. The Kier molecular flexibility index (Phi) is 9.35. The maximum atomic E-state index is 10.5. The summed E-state index contributed by atoms with van der Waals surface area (Å²) in [7, 11) is 0. The van der Waals surface area contributed by atoms with E-state index in [0.29, 0.717) is 11.0 Å². The highest BCUT2D eigenvalue weighted by Crippen LogP contribution is 2.38. The first-order valence-electron chi connectivity index (χ1n) is 18.4. The Balaban J connectivity index is 1.33. The van der Waals surface area contributed by atoms with Crippen molar-refractivity contribution in [1.29, 1.82) is 0 Å². The number of hydrogen-bond donors (Lipinski definition) is 2. The Bertz CT molecular complexity index is 2210. The minimum absolute atomic E-state index is 0.0635. The number of para-hydroxylation sites is 2. The molecule has 0 aliphatic heterocycles. The van der Waals surface area contributed by atoms with Gasteiger partial charge in [-0.3, -0.25) is 0 Å². The molecule has 5 aromatic carbocycles. The lowest BCUT2D eigenvalue weighted by atomic mass is 9.83. The first kappa shape index (κ1) is 34.9. The van der Waals surface area contributed by atoms with E-state index < -0.39 is 0 Å². The average Bonchev–Trinajstić information content (AvgIpc) is 3.13. The van der Waals surface area contributed by atoms with Gasteiger partial charge in [0.2, 0.25) is 0 Å². The summed E-state index contributed by atoms with van der Waals surface area (Å²) in [6, 6.07) is 42.2.